The van der Waals surface area contributed by atoms with Gasteiger partial charge in [-0.3, -0.25) is 4.79 Å². The van der Waals surface area contributed by atoms with Gasteiger partial charge in [0.1, 0.15) is 0 Å². The van der Waals surface area contributed by atoms with Crippen molar-refractivity contribution >= 4 is 5.91 Å². The Morgan fingerprint density at radius 1 is 1.38 bits per heavy atom. The van der Waals surface area contributed by atoms with E-state index in [0.29, 0.717) is 6.42 Å². The molecule has 1 N–H and O–H groups in total. The SMILES string of the molecule is CCCC(=O)NC(OC)c1ccc(C)cc1. The highest BCUT2D eigenvalue weighted by Gasteiger charge is 2.12. The van der Waals surface area contributed by atoms with Gasteiger partial charge in [-0.2, -0.15) is 0 Å². The van der Waals surface area contributed by atoms with E-state index < -0.39 is 0 Å². The van der Waals surface area contributed by atoms with Crippen LogP contribution in [0.5, 0.6) is 0 Å². The van der Waals surface area contributed by atoms with Gasteiger partial charge in [0.2, 0.25) is 5.91 Å². The Morgan fingerprint density at radius 2 is 2.00 bits per heavy atom. The molecule has 3 heteroatoms. The molecule has 0 aliphatic carbocycles. The summed E-state index contributed by atoms with van der Waals surface area (Å²) >= 11 is 0. The standard InChI is InChI=1S/C13H19NO2/c1-4-5-12(15)14-13(16-3)11-8-6-10(2)7-9-11/h6-9,13H,4-5H2,1-3H3,(H,14,15). The molecule has 88 valence electrons. The molecule has 0 saturated carbocycles. The van der Waals surface area contributed by atoms with Gasteiger partial charge >= 0.3 is 0 Å². The zero-order valence-corrected chi connectivity index (χ0v) is 10.1. The lowest BCUT2D eigenvalue weighted by Crippen LogP contribution is -2.29. The predicted octanol–water partition coefficient (Wildman–Crippen LogP) is 2.56. The Balaban J connectivity index is 2.67. The lowest BCUT2D eigenvalue weighted by atomic mass is 10.1. The molecule has 1 rings (SSSR count). The molecule has 16 heavy (non-hydrogen) atoms. The number of nitrogens with one attached hydrogen (secondary N) is 1. The van der Waals surface area contributed by atoms with E-state index in [-0.39, 0.29) is 12.1 Å². The first-order valence-corrected chi connectivity index (χ1v) is 5.56. The van der Waals surface area contributed by atoms with Crippen molar-refractivity contribution in [3.63, 3.8) is 0 Å². The third-order valence-electron chi connectivity index (χ3n) is 2.38. The first kappa shape index (κ1) is 12.7. The van der Waals surface area contributed by atoms with Gasteiger partial charge in [-0.1, -0.05) is 36.8 Å². The van der Waals surface area contributed by atoms with Crippen molar-refractivity contribution in [2.75, 3.05) is 7.11 Å². The Bertz CT molecular complexity index is 332. The number of hydrogen-bond donors (Lipinski definition) is 1. The minimum atomic E-state index is -0.348. The third kappa shape index (κ3) is 3.66. The number of benzene rings is 1. The summed E-state index contributed by atoms with van der Waals surface area (Å²) in [7, 11) is 1.59. The van der Waals surface area contributed by atoms with Crippen molar-refractivity contribution in [2.24, 2.45) is 0 Å². The Labute approximate surface area is 96.8 Å². The van der Waals surface area contributed by atoms with Gasteiger partial charge in [-0.15, -0.1) is 0 Å². The molecule has 0 aliphatic rings. The molecule has 1 aromatic carbocycles. The van der Waals surface area contributed by atoms with Crippen LogP contribution in [0, 0.1) is 6.92 Å². The molecule has 0 bridgehead atoms. The lowest BCUT2D eigenvalue weighted by Gasteiger charge is -2.17. The van der Waals surface area contributed by atoms with Gasteiger partial charge in [0.05, 0.1) is 0 Å². The van der Waals surface area contributed by atoms with E-state index in [1.165, 1.54) is 5.56 Å². The van der Waals surface area contributed by atoms with Crippen molar-refractivity contribution in [1.82, 2.24) is 5.32 Å². The van der Waals surface area contributed by atoms with Crippen molar-refractivity contribution in [1.29, 1.82) is 0 Å². The largest absolute Gasteiger partial charge is 0.357 e. The molecule has 0 aromatic heterocycles. The molecule has 1 amide bonds. The summed E-state index contributed by atoms with van der Waals surface area (Å²) in [6.45, 7) is 4.01. The predicted molar refractivity (Wildman–Crippen MR) is 64.0 cm³/mol. The fourth-order valence-electron chi connectivity index (χ4n) is 1.47. The van der Waals surface area contributed by atoms with Crippen molar-refractivity contribution < 1.29 is 9.53 Å². The number of ether oxygens (including phenoxy) is 1. The second-order valence-electron chi connectivity index (χ2n) is 3.84. The average molecular weight is 221 g/mol. The Kier molecular flexibility index (Phi) is 4.99. The van der Waals surface area contributed by atoms with Crippen LogP contribution in [0.4, 0.5) is 0 Å². The van der Waals surface area contributed by atoms with Crippen LogP contribution in [0.1, 0.15) is 37.1 Å². The zero-order chi connectivity index (χ0) is 12.0. The maximum Gasteiger partial charge on any atom is 0.222 e. The second-order valence-corrected chi connectivity index (χ2v) is 3.84. The first-order valence-electron chi connectivity index (χ1n) is 5.56. The van der Waals surface area contributed by atoms with Crippen LogP contribution < -0.4 is 5.32 Å². The van der Waals surface area contributed by atoms with E-state index in [0.717, 1.165) is 12.0 Å². The quantitative estimate of drug-likeness (QED) is 0.776. The van der Waals surface area contributed by atoms with Gasteiger partial charge in [-0.05, 0) is 13.3 Å². The molecule has 0 radical (unpaired) electrons. The van der Waals surface area contributed by atoms with Gasteiger partial charge in [0, 0.05) is 19.1 Å². The van der Waals surface area contributed by atoms with Gasteiger partial charge in [0.15, 0.2) is 6.23 Å². The molecular formula is C13H19NO2. The van der Waals surface area contributed by atoms with Crippen LogP contribution in [0.2, 0.25) is 0 Å². The van der Waals surface area contributed by atoms with Crippen LogP contribution in [0.3, 0.4) is 0 Å². The van der Waals surface area contributed by atoms with Crippen LogP contribution in [-0.2, 0) is 9.53 Å². The lowest BCUT2D eigenvalue weighted by molar-refractivity contribution is -0.125. The van der Waals surface area contributed by atoms with Gasteiger partial charge in [0.25, 0.3) is 0 Å². The highest BCUT2D eigenvalue weighted by atomic mass is 16.5. The maximum absolute atomic E-state index is 11.5. The zero-order valence-electron chi connectivity index (χ0n) is 10.1. The van der Waals surface area contributed by atoms with Gasteiger partial charge in [-0.25, -0.2) is 0 Å². The fourth-order valence-corrected chi connectivity index (χ4v) is 1.47. The summed E-state index contributed by atoms with van der Waals surface area (Å²) < 4.78 is 5.26. The van der Waals surface area contributed by atoms with E-state index in [9.17, 15) is 4.79 Å². The minimum absolute atomic E-state index is 0.0231. The third-order valence-corrected chi connectivity index (χ3v) is 2.38. The van der Waals surface area contributed by atoms with Crippen LogP contribution in [0.15, 0.2) is 24.3 Å². The molecule has 1 atom stereocenters. The number of hydrogen-bond acceptors (Lipinski definition) is 2. The summed E-state index contributed by atoms with van der Waals surface area (Å²) in [6.07, 6.45) is 1.03. The van der Waals surface area contributed by atoms with E-state index in [1.807, 2.05) is 38.1 Å². The van der Waals surface area contributed by atoms with E-state index in [1.54, 1.807) is 7.11 Å². The van der Waals surface area contributed by atoms with Crippen molar-refractivity contribution in [2.45, 2.75) is 32.9 Å². The number of carbonyl (C=O) groups excluding carboxylic acids is 1. The minimum Gasteiger partial charge on any atom is -0.357 e. The second kappa shape index (κ2) is 6.28. The highest BCUT2D eigenvalue weighted by molar-refractivity contribution is 5.76. The molecule has 1 aromatic rings. The topological polar surface area (TPSA) is 38.3 Å². The smallest absolute Gasteiger partial charge is 0.222 e. The first-order chi connectivity index (χ1) is 7.67. The van der Waals surface area contributed by atoms with E-state index in [2.05, 4.69) is 5.32 Å². The van der Waals surface area contributed by atoms with Gasteiger partial charge < -0.3 is 10.1 Å². The number of amides is 1. The number of aryl methyl sites for hydroxylation is 1. The monoisotopic (exact) mass is 221 g/mol. The number of rotatable bonds is 5. The van der Waals surface area contributed by atoms with Crippen molar-refractivity contribution in [3.8, 4) is 0 Å². The van der Waals surface area contributed by atoms with E-state index in [4.69, 9.17) is 4.74 Å². The van der Waals surface area contributed by atoms with Crippen molar-refractivity contribution in [3.05, 3.63) is 35.4 Å². The molecule has 0 saturated heterocycles. The molecule has 3 nitrogen and oxygen atoms in total. The fraction of sp³-hybridized carbons (Fsp3) is 0.462. The highest BCUT2D eigenvalue weighted by Crippen LogP contribution is 2.14. The van der Waals surface area contributed by atoms with E-state index >= 15 is 0 Å². The number of methoxy groups -OCH3 is 1. The summed E-state index contributed by atoms with van der Waals surface area (Å²) in [4.78, 5) is 11.5. The molecule has 0 fully saturated rings. The summed E-state index contributed by atoms with van der Waals surface area (Å²) in [5.41, 5.74) is 2.16. The van der Waals surface area contributed by atoms with Crippen LogP contribution >= 0.6 is 0 Å². The molecular weight excluding hydrogens is 202 g/mol. The molecule has 0 aliphatic heterocycles. The Hall–Kier alpha value is -1.35. The van der Waals surface area contributed by atoms with Crippen LogP contribution in [0.25, 0.3) is 0 Å². The maximum atomic E-state index is 11.5. The summed E-state index contributed by atoms with van der Waals surface area (Å²) in [6, 6.07) is 7.95. The summed E-state index contributed by atoms with van der Waals surface area (Å²) in [5.74, 6) is 0.0231. The summed E-state index contributed by atoms with van der Waals surface area (Å²) in [5, 5.41) is 2.84. The molecule has 0 spiro atoms. The Morgan fingerprint density at radius 3 is 2.50 bits per heavy atom. The molecule has 1 unspecified atom stereocenters. The number of carbonyl (C=O) groups is 1. The average Bonchev–Trinajstić information content (AvgIpc) is 2.27. The normalized spacial score (nSPS) is 12.2. The van der Waals surface area contributed by atoms with Crippen LogP contribution in [-0.4, -0.2) is 13.0 Å². The molecule has 0 heterocycles.